The van der Waals surface area contributed by atoms with Crippen LogP contribution in [0, 0.1) is 5.92 Å². The molecule has 1 aromatic carbocycles. The molecule has 0 aliphatic carbocycles. The first-order valence-electron chi connectivity index (χ1n) is 6.17. The van der Waals surface area contributed by atoms with Crippen LogP contribution in [0.3, 0.4) is 0 Å². The molecule has 1 atom stereocenters. The molecule has 2 heteroatoms. The lowest BCUT2D eigenvalue weighted by Crippen LogP contribution is -2.22. The lowest BCUT2D eigenvalue weighted by molar-refractivity contribution is 0.430. The molecule has 0 saturated heterocycles. The number of rotatable bonds is 8. The zero-order valence-electron chi connectivity index (χ0n) is 10.1. The van der Waals surface area contributed by atoms with Gasteiger partial charge in [0, 0.05) is 12.4 Å². The molecule has 0 bridgehead atoms. The van der Waals surface area contributed by atoms with Crippen molar-refractivity contribution in [3.63, 3.8) is 0 Å². The van der Waals surface area contributed by atoms with Crippen molar-refractivity contribution in [2.24, 2.45) is 5.92 Å². The Morgan fingerprint density at radius 3 is 2.56 bits per heavy atom. The second-order valence-electron chi connectivity index (χ2n) is 4.25. The molecule has 1 aromatic rings. The summed E-state index contributed by atoms with van der Waals surface area (Å²) in [4.78, 5) is 0. The van der Waals surface area contributed by atoms with E-state index in [1.54, 1.807) is 0 Å². The van der Waals surface area contributed by atoms with Crippen LogP contribution in [0.4, 0.5) is 0 Å². The normalized spacial score (nSPS) is 12.6. The Bertz CT molecular complexity index is 255. The number of nitrogens with one attached hydrogen (secondary N) is 1. The van der Waals surface area contributed by atoms with E-state index in [0.29, 0.717) is 0 Å². The van der Waals surface area contributed by atoms with Crippen molar-refractivity contribution < 1.29 is 0 Å². The van der Waals surface area contributed by atoms with E-state index in [9.17, 15) is 0 Å². The van der Waals surface area contributed by atoms with Crippen molar-refractivity contribution in [3.05, 3.63) is 35.9 Å². The summed E-state index contributed by atoms with van der Waals surface area (Å²) in [6.45, 7) is 4.28. The van der Waals surface area contributed by atoms with Crippen LogP contribution in [0.25, 0.3) is 0 Å². The van der Waals surface area contributed by atoms with Crippen molar-refractivity contribution in [3.8, 4) is 0 Å². The summed E-state index contributed by atoms with van der Waals surface area (Å²) in [5.74, 6) is 1.50. The van der Waals surface area contributed by atoms with Crippen LogP contribution in [-0.4, -0.2) is 12.4 Å². The molecule has 1 nitrogen and oxygen atoms in total. The molecule has 0 aliphatic rings. The minimum absolute atomic E-state index is 0.728. The molecule has 1 unspecified atom stereocenters. The van der Waals surface area contributed by atoms with Crippen LogP contribution in [0.5, 0.6) is 0 Å². The van der Waals surface area contributed by atoms with Crippen LogP contribution in [0.1, 0.15) is 31.7 Å². The molecule has 0 aliphatic heterocycles. The molecule has 1 rings (SSSR count). The smallest absolute Gasteiger partial charge is 0.0226 e. The molecule has 0 spiro atoms. The van der Waals surface area contributed by atoms with Gasteiger partial charge in [-0.25, -0.2) is 0 Å². The Hall–Kier alpha value is -0.530. The maximum Gasteiger partial charge on any atom is 0.0226 e. The number of alkyl halides is 1. The molecule has 0 saturated carbocycles. The van der Waals surface area contributed by atoms with Gasteiger partial charge in [-0.05, 0) is 30.9 Å². The van der Waals surface area contributed by atoms with Crippen LogP contribution in [0.2, 0.25) is 0 Å². The molecule has 90 valence electrons. The summed E-state index contributed by atoms with van der Waals surface area (Å²) < 4.78 is 0. The van der Waals surface area contributed by atoms with Gasteiger partial charge in [0.1, 0.15) is 0 Å². The molecule has 1 N–H and O–H groups in total. The van der Waals surface area contributed by atoms with Crippen molar-refractivity contribution in [2.45, 2.75) is 32.7 Å². The predicted octanol–water partition coefficient (Wildman–Crippen LogP) is 3.82. The summed E-state index contributed by atoms with van der Waals surface area (Å²) in [6, 6.07) is 10.5. The van der Waals surface area contributed by atoms with Crippen molar-refractivity contribution in [1.29, 1.82) is 0 Å². The van der Waals surface area contributed by atoms with Gasteiger partial charge in [-0.15, -0.1) is 11.6 Å². The monoisotopic (exact) mass is 239 g/mol. The molecular weight excluding hydrogens is 218 g/mol. The first kappa shape index (κ1) is 13.5. The van der Waals surface area contributed by atoms with Crippen molar-refractivity contribution >= 4 is 11.6 Å². The third-order valence-corrected chi connectivity index (χ3v) is 3.04. The first-order valence-corrected chi connectivity index (χ1v) is 6.70. The lowest BCUT2D eigenvalue weighted by atomic mass is 10.0. The van der Waals surface area contributed by atoms with Gasteiger partial charge < -0.3 is 5.32 Å². The molecule has 0 heterocycles. The fourth-order valence-electron chi connectivity index (χ4n) is 1.93. The molecule has 16 heavy (non-hydrogen) atoms. The highest BCUT2D eigenvalue weighted by Crippen LogP contribution is 2.11. The predicted molar refractivity (Wildman–Crippen MR) is 71.9 cm³/mol. The fraction of sp³-hybridized carbons (Fsp3) is 0.571. The van der Waals surface area contributed by atoms with Crippen LogP contribution >= 0.6 is 11.6 Å². The first-order chi connectivity index (χ1) is 7.86. The average molecular weight is 240 g/mol. The van der Waals surface area contributed by atoms with Crippen molar-refractivity contribution in [2.75, 3.05) is 12.4 Å². The van der Waals surface area contributed by atoms with Gasteiger partial charge in [0.05, 0.1) is 0 Å². The van der Waals surface area contributed by atoms with Crippen molar-refractivity contribution in [1.82, 2.24) is 5.32 Å². The number of hydrogen-bond acceptors (Lipinski definition) is 1. The Morgan fingerprint density at radius 1 is 1.19 bits per heavy atom. The van der Waals surface area contributed by atoms with E-state index in [2.05, 4.69) is 42.6 Å². The molecule has 0 amide bonds. The topological polar surface area (TPSA) is 12.0 Å². The maximum absolute atomic E-state index is 5.80. The summed E-state index contributed by atoms with van der Waals surface area (Å²) in [7, 11) is 0. The summed E-state index contributed by atoms with van der Waals surface area (Å²) in [5, 5.41) is 3.51. The highest BCUT2D eigenvalue weighted by molar-refractivity contribution is 6.17. The SMILES string of the molecule is CCCC(CCCl)CNCc1ccccc1. The van der Waals surface area contributed by atoms with Crippen LogP contribution < -0.4 is 5.32 Å². The van der Waals surface area contributed by atoms with E-state index in [4.69, 9.17) is 11.6 Å². The van der Waals surface area contributed by atoms with E-state index in [1.807, 2.05) is 0 Å². The third-order valence-electron chi connectivity index (χ3n) is 2.82. The average Bonchev–Trinajstić information content (AvgIpc) is 2.31. The highest BCUT2D eigenvalue weighted by Gasteiger charge is 2.06. The second kappa shape index (κ2) is 8.60. The second-order valence-corrected chi connectivity index (χ2v) is 4.63. The van der Waals surface area contributed by atoms with Gasteiger partial charge in [0.2, 0.25) is 0 Å². The van der Waals surface area contributed by atoms with E-state index < -0.39 is 0 Å². The number of halogens is 1. The molecule has 0 aromatic heterocycles. The number of benzene rings is 1. The largest absolute Gasteiger partial charge is 0.312 e. The van der Waals surface area contributed by atoms with Crippen LogP contribution in [0.15, 0.2) is 30.3 Å². The zero-order chi connectivity index (χ0) is 11.6. The van der Waals surface area contributed by atoms with E-state index in [1.165, 1.54) is 18.4 Å². The van der Waals surface area contributed by atoms with Gasteiger partial charge in [-0.3, -0.25) is 0 Å². The van der Waals surface area contributed by atoms with Gasteiger partial charge in [0.15, 0.2) is 0 Å². The Morgan fingerprint density at radius 2 is 1.94 bits per heavy atom. The minimum Gasteiger partial charge on any atom is -0.312 e. The third kappa shape index (κ3) is 5.53. The number of hydrogen-bond donors (Lipinski definition) is 1. The fourth-order valence-corrected chi connectivity index (χ4v) is 2.24. The van der Waals surface area contributed by atoms with Gasteiger partial charge in [-0.2, -0.15) is 0 Å². The zero-order valence-corrected chi connectivity index (χ0v) is 10.8. The standard InChI is InChI=1S/C14H22ClN/c1-2-6-13(9-10-15)11-16-12-14-7-4-3-5-8-14/h3-5,7-8,13,16H,2,6,9-12H2,1H3. The summed E-state index contributed by atoms with van der Waals surface area (Å²) in [6.07, 6.45) is 3.64. The summed E-state index contributed by atoms with van der Waals surface area (Å²) >= 11 is 5.80. The molecular formula is C14H22ClN. The van der Waals surface area contributed by atoms with E-state index in [-0.39, 0.29) is 0 Å². The van der Waals surface area contributed by atoms with Gasteiger partial charge >= 0.3 is 0 Å². The Kier molecular flexibility index (Phi) is 7.28. The molecule has 0 fully saturated rings. The highest BCUT2D eigenvalue weighted by atomic mass is 35.5. The summed E-state index contributed by atoms with van der Waals surface area (Å²) in [5.41, 5.74) is 1.35. The van der Waals surface area contributed by atoms with E-state index in [0.717, 1.165) is 31.3 Å². The van der Waals surface area contributed by atoms with Gasteiger partial charge in [-0.1, -0.05) is 43.7 Å². The molecule has 0 radical (unpaired) electrons. The quantitative estimate of drug-likeness (QED) is 0.680. The van der Waals surface area contributed by atoms with E-state index >= 15 is 0 Å². The maximum atomic E-state index is 5.80. The van der Waals surface area contributed by atoms with Crippen LogP contribution in [-0.2, 0) is 6.54 Å². The lowest BCUT2D eigenvalue weighted by Gasteiger charge is -2.15. The van der Waals surface area contributed by atoms with Gasteiger partial charge in [0.25, 0.3) is 0 Å². The minimum atomic E-state index is 0.728. The Balaban J connectivity index is 2.22. The Labute approximate surface area is 104 Å².